The second kappa shape index (κ2) is 3.86. The molecule has 4 heteroatoms. The third-order valence-corrected chi connectivity index (χ3v) is 4.71. The van der Waals surface area contributed by atoms with Crippen molar-refractivity contribution in [2.24, 2.45) is 9.98 Å². The maximum absolute atomic E-state index is 4.54. The van der Waals surface area contributed by atoms with E-state index in [1.807, 2.05) is 12.4 Å². The minimum atomic E-state index is 1.05. The van der Waals surface area contributed by atoms with Crippen molar-refractivity contribution in [2.45, 2.75) is 0 Å². The Bertz CT molecular complexity index is 650. The number of fused-ring (bicyclic) bond motifs is 1. The predicted molar refractivity (Wildman–Crippen MR) is 77.9 cm³/mol. The molecule has 0 aromatic carbocycles. The summed E-state index contributed by atoms with van der Waals surface area (Å²) in [5, 5.41) is 4.15. The molecule has 4 heterocycles. The molecule has 0 amide bonds. The van der Waals surface area contributed by atoms with E-state index in [1.54, 1.807) is 22.7 Å². The van der Waals surface area contributed by atoms with Gasteiger partial charge in [-0.25, -0.2) is 0 Å². The summed E-state index contributed by atoms with van der Waals surface area (Å²) in [5.74, 6) is 0. The lowest BCUT2D eigenvalue weighted by molar-refractivity contribution is 1.56. The summed E-state index contributed by atoms with van der Waals surface area (Å²) in [6.45, 7) is 0. The van der Waals surface area contributed by atoms with Crippen molar-refractivity contribution in [1.82, 2.24) is 0 Å². The van der Waals surface area contributed by atoms with Crippen molar-refractivity contribution < 1.29 is 0 Å². The van der Waals surface area contributed by atoms with Crippen LogP contribution in [-0.4, -0.2) is 11.4 Å². The maximum Gasteiger partial charge on any atom is 0.0897 e. The van der Waals surface area contributed by atoms with Crippen molar-refractivity contribution >= 4 is 34.1 Å². The number of allylic oxidation sites excluding steroid dienone is 2. The Hall–Kier alpha value is -1.78. The molecule has 0 saturated heterocycles. The van der Waals surface area contributed by atoms with Crippen LogP contribution in [0.1, 0.15) is 9.75 Å². The van der Waals surface area contributed by atoms with E-state index in [0.717, 1.165) is 22.6 Å². The summed E-state index contributed by atoms with van der Waals surface area (Å²) in [6.07, 6.45) is 3.87. The minimum absolute atomic E-state index is 1.05. The monoisotopic (exact) mass is 268 g/mol. The fourth-order valence-electron chi connectivity index (χ4n) is 2.13. The Balaban J connectivity index is 1.71. The minimum Gasteiger partial charge on any atom is -0.254 e. The standard InChI is InChI=1S/C14H8N2S2/c1-3-11(17-5-1)13-9-7-16-14(10(9)8-15-13)12-4-2-6-18-12/h1-8H. The Labute approximate surface area is 112 Å². The Morgan fingerprint density at radius 1 is 0.722 bits per heavy atom. The quantitative estimate of drug-likeness (QED) is 0.789. The van der Waals surface area contributed by atoms with Gasteiger partial charge in [-0.05, 0) is 22.9 Å². The molecule has 86 valence electrons. The van der Waals surface area contributed by atoms with Gasteiger partial charge in [0.1, 0.15) is 0 Å². The van der Waals surface area contributed by atoms with Crippen LogP contribution in [0.3, 0.4) is 0 Å². The molecule has 0 bridgehead atoms. The van der Waals surface area contributed by atoms with E-state index in [0.29, 0.717) is 0 Å². The van der Waals surface area contributed by atoms with Crippen molar-refractivity contribution in [3.63, 3.8) is 0 Å². The summed E-state index contributed by atoms with van der Waals surface area (Å²) < 4.78 is 0. The summed E-state index contributed by atoms with van der Waals surface area (Å²) >= 11 is 3.43. The lowest BCUT2D eigenvalue weighted by Crippen LogP contribution is -2.04. The lowest BCUT2D eigenvalue weighted by Gasteiger charge is -2.01. The number of aliphatic imine (C=N–C) groups is 2. The van der Waals surface area contributed by atoms with Crippen molar-refractivity contribution in [1.29, 1.82) is 0 Å². The molecular formula is C14H8N2S2. The van der Waals surface area contributed by atoms with E-state index in [9.17, 15) is 0 Å². The SMILES string of the molecule is C1=C2C(=CN=C2c2cccs2)C(c2cccs2)=N1. The molecule has 0 saturated carbocycles. The smallest absolute Gasteiger partial charge is 0.0897 e. The molecule has 2 nitrogen and oxygen atoms in total. The summed E-state index contributed by atoms with van der Waals surface area (Å²) in [4.78, 5) is 11.5. The number of rotatable bonds is 2. The molecule has 2 aromatic heterocycles. The molecule has 2 aromatic rings. The van der Waals surface area contributed by atoms with Crippen LogP contribution in [-0.2, 0) is 0 Å². The average Bonchev–Trinajstić information content (AvgIpc) is 3.14. The van der Waals surface area contributed by atoms with Crippen molar-refractivity contribution in [3.8, 4) is 0 Å². The Kier molecular flexibility index (Phi) is 2.18. The average molecular weight is 268 g/mol. The van der Waals surface area contributed by atoms with Gasteiger partial charge in [-0.1, -0.05) is 12.1 Å². The fourth-order valence-corrected chi connectivity index (χ4v) is 3.60. The molecule has 0 radical (unpaired) electrons. The first-order chi connectivity index (χ1) is 8.93. The molecule has 0 unspecified atom stereocenters. The van der Waals surface area contributed by atoms with Gasteiger partial charge in [0.25, 0.3) is 0 Å². The Morgan fingerprint density at radius 2 is 1.22 bits per heavy atom. The normalized spacial score (nSPS) is 17.1. The van der Waals surface area contributed by atoms with E-state index in [1.165, 1.54) is 9.75 Å². The van der Waals surface area contributed by atoms with E-state index < -0.39 is 0 Å². The van der Waals surface area contributed by atoms with Crippen LogP contribution in [0.15, 0.2) is 68.6 Å². The molecule has 18 heavy (non-hydrogen) atoms. The third-order valence-electron chi connectivity index (χ3n) is 2.96. The first-order valence-electron chi connectivity index (χ1n) is 5.58. The molecule has 0 fully saturated rings. The van der Waals surface area contributed by atoms with Gasteiger partial charge in [0.2, 0.25) is 0 Å². The fraction of sp³-hybridized carbons (Fsp3) is 0. The number of nitrogens with zero attached hydrogens (tertiary/aromatic N) is 2. The highest BCUT2D eigenvalue weighted by molar-refractivity contribution is 7.13. The molecule has 0 N–H and O–H groups in total. The summed E-state index contributed by atoms with van der Waals surface area (Å²) in [5.41, 5.74) is 4.41. The predicted octanol–water partition coefficient (Wildman–Crippen LogP) is 3.88. The molecule has 0 atom stereocenters. The van der Waals surface area contributed by atoms with E-state index in [2.05, 4.69) is 45.0 Å². The van der Waals surface area contributed by atoms with Crippen molar-refractivity contribution in [3.05, 3.63) is 68.3 Å². The lowest BCUT2D eigenvalue weighted by atomic mass is 10.0. The van der Waals surface area contributed by atoms with Gasteiger partial charge in [-0.2, -0.15) is 0 Å². The Morgan fingerprint density at radius 3 is 1.61 bits per heavy atom. The zero-order valence-corrected chi connectivity index (χ0v) is 11.0. The maximum atomic E-state index is 4.54. The van der Waals surface area contributed by atoms with Gasteiger partial charge < -0.3 is 0 Å². The highest BCUT2D eigenvalue weighted by atomic mass is 32.1. The number of hydrogen-bond acceptors (Lipinski definition) is 4. The first-order valence-corrected chi connectivity index (χ1v) is 7.34. The molecule has 4 rings (SSSR count). The van der Waals surface area contributed by atoms with Crippen LogP contribution in [0.5, 0.6) is 0 Å². The van der Waals surface area contributed by atoms with E-state index in [-0.39, 0.29) is 0 Å². The molecular weight excluding hydrogens is 260 g/mol. The van der Waals surface area contributed by atoms with Crippen molar-refractivity contribution in [2.75, 3.05) is 0 Å². The van der Waals surface area contributed by atoms with E-state index >= 15 is 0 Å². The van der Waals surface area contributed by atoms with Gasteiger partial charge in [0.05, 0.1) is 21.2 Å². The largest absolute Gasteiger partial charge is 0.254 e. The highest BCUT2D eigenvalue weighted by Crippen LogP contribution is 2.33. The van der Waals surface area contributed by atoms with Crippen LogP contribution in [0, 0.1) is 0 Å². The van der Waals surface area contributed by atoms with Crippen LogP contribution >= 0.6 is 22.7 Å². The first kappa shape index (κ1) is 10.2. The molecule has 0 aliphatic carbocycles. The second-order valence-electron chi connectivity index (χ2n) is 4.00. The molecule has 2 aliphatic rings. The topological polar surface area (TPSA) is 24.7 Å². The van der Waals surface area contributed by atoms with Gasteiger partial charge in [0.15, 0.2) is 0 Å². The highest BCUT2D eigenvalue weighted by Gasteiger charge is 2.28. The zero-order valence-electron chi connectivity index (χ0n) is 9.33. The molecule has 2 aliphatic heterocycles. The summed E-state index contributed by atoms with van der Waals surface area (Å²) in [6, 6.07) is 8.31. The zero-order chi connectivity index (χ0) is 11.9. The van der Waals surface area contributed by atoms with Crippen LogP contribution in [0.2, 0.25) is 0 Å². The van der Waals surface area contributed by atoms with E-state index in [4.69, 9.17) is 0 Å². The van der Waals surface area contributed by atoms with Gasteiger partial charge >= 0.3 is 0 Å². The van der Waals surface area contributed by atoms with Crippen LogP contribution in [0.4, 0.5) is 0 Å². The summed E-state index contributed by atoms with van der Waals surface area (Å²) in [7, 11) is 0. The number of hydrogen-bond donors (Lipinski definition) is 0. The van der Waals surface area contributed by atoms with Crippen LogP contribution < -0.4 is 0 Å². The van der Waals surface area contributed by atoms with Crippen LogP contribution in [0.25, 0.3) is 0 Å². The second-order valence-corrected chi connectivity index (χ2v) is 5.89. The van der Waals surface area contributed by atoms with Gasteiger partial charge in [-0.3, -0.25) is 9.98 Å². The third kappa shape index (κ3) is 1.39. The van der Waals surface area contributed by atoms with Gasteiger partial charge in [-0.15, -0.1) is 22.7 Å². The number of thiophene rings is 2. The molecule has 0 spiro atoms. The van der Waals surface area contributed by atoms with Gasteiger partial charge in [0, 0.05) is 23.5 Å².